The molecule has 6 aromatic rings. The van der Waals surface area contributed by atoms with Crippen molar-refractivity contribution >= 4 is 80.3 Å². The molecule has 0 aliphatic rings. The summed E-state index contributed by atoms with van der Waals surface area (Å²) in [5.74, 6) is 4.46. The number of halogens is 14. The molecule has 0 aliphatic heterocycles. The number of nitro groups is 6. The molecule has 420 valence electrons. The van der Waals surface area contributed by atoms with Crippen LogP contribution in [0.4, 0.5) is 110 Å². The molecule has 6 rings (SSSR count). The number of nitrogens with one attached hydrogen (secondary N) is 1. The predicted octanol–water partition coefficient (Wildman–Crippen LogP) is 13.3. The number of aromatic nitrogens is 3. The molecule has 0 fully saturated rings. The van der Waals surface area contributed by atoms with Crippen LogP contribution in [0, 0.1) is 81.5 Å². The lowest BCUT2D eigenvalue weighted by Gasteiger charge is -2.20. The second kappa shape index (κ2) is 23.6. The van der Waals surface area contributed by atoms with Gasteiger partial charge in [0.2, 0.25) is 11.0 Å². The summed E-state index contributed by atoms with van der Waals surface area (Å²) in [6, 6.07) is 8.09. The van der Waals surface area contributed by atoms with Crippen molar-refractivity contribution in [3.05, 3.63) is 194 Å². The Balaban J connectivity index is 0.000000256. The number of nitrogens with zero attached hydrogens (tertiary/aromatic N) is 10. The number of hydrogen-bond acceptors (Lipinski definition) is 18. The van der Waals surface area contributed by atoms with Crippen LogP contribution < -0.4 is 16.2 Å². The summed E-state index contributed by atoms with van der Waals surface area (Å²) in [4.78, 5) is 70.6. The quantitative estimate of drug-likeness (QED) is 0.0287. The van der Waals surface area contributed by atoms with E-state index in [2.05, 4.69) is 20.3 Å². The molecular weight excluding hydrogens is 1150 g/mol. The molecule has 38 heteroatoms. The largest absolute Gasteiger partial charge is 0.416 e. The first-order valence-electron chi connectivity index (χ1n) is 20.4. The smallest absolute Gasteiger partial charge is 0.329 e. The number of rotatable bonds is 12. The molecule has 0 amide bonds. The van der Waals surface area contributed by atoms with Crippen molar-refractivity contribution in [2.45, 2.75) is 51.9 Å². The van der Waals surface area contributed by atoms with Crippen LogP contribution in [0.15, 0.2) is 72.8 Å². The predicted molar refractivity (Wildman–Crippen MR) is 249 cm³/mol. The maximum absolute atomic E-state index is 13.0. The molecule has 0 saturated heterocycles. The molecule has 24 nitrogen and oxygen atoms in total. The van der Waals surface area contributed by atoms with Crippen LogP contribution in [-0.4, -0.2) is 44.5 Å². The van der Waals surface area contributed by atoms with Crippen LogP contribution in [0.3, 0.4) is 0 Å². The lowest BCUT2D eigenvalue weighted by Crippen LogP contribution is -2.28. The number of nitrogens with two attached hydrogens (primary N) is 1. The summed E-state index contributed by atoms with van der Waals surface area (Å²) in [6.07, 6.45) is -20.2. The molecule has 79 heavy (non-hydrogen) atoms. The topological polar surface area (TPSA) is 339 Å². The van der Waals surface area contributed by atoms with E-state index in [1.807, 2.05) is 0 Å². The zero-order valence-corrected chi connectivity index (χ0v) is 40.4. The molecule has 3 N–H and O–H groups in total. The van der Waals surface area contributed by atoms with Crippen molar-refractivity contribution in [2.24, 2.45) is 5.84 Å². The number of nitro benzene ring substituents is 6. The zero-order valence-electron chi connectivity index (χ0n) is 38.9. The van der Waals surface area contributed by atoms with Gasteiger partial charge in [0.15, 0.2) is 5.69 Å². The monoisotopic (exact) mass is 1180 g/mol. The van der Waals surface area contributed by atoms with Crippen molar-refractivity contribution in [1.29, 1.82) is 0 Å². The Morgan fingerprint density at radius 2 is 0.911 bits per heavy atom. The summed E-state index contributed by atoms with van der Waals surface area (Å²) < 4.78 is 155. The standard InChI is InChI=1S/C16H13F3N2O4.C14H9F6N5O4.C11H4Cl2F3N5O4/c1-9-4-3-5-11(10(9)2)6-13-14(20(22)23)7-12(16(17,18)19)8-15(13)21(24)25;1-6-2-7(13(15,16)17)5-11(22-6)23(21)12-9(24(26)27)3-8(14(18,19)20)4-10(12)25(28)29;12-7-3-8(19-10(13)17-7)18-9-5(20(22)23)1-4(11(14,15)16)2-6(9)21(24)25/h3-5,7-8H,6H2,1-2H3;2-5H,21H2,1H3;1-3H,(H,17,18,19). The highest BCUT2D eigenvalue weighted by Crippen LogP contribution is 2.46. The van der Waals surface area contributed by atoms with E-state index in [9.17, 15) is 113 Å². The van der Waals surface area contributed by atoms with Gasteiger partial charge in [-0.2, -0.15) is 52.7 Å². The lowest BCUT2D eigenvalue weighted by atomic mass is 9.94. The summed E-state index contributed by atoms with van der Waals surface area (Å²) in [7, 11) is 0. The van der Waals surface area contributed by atoms with Crippen molar-refractivity contribution < 1.29 is 82.2 Å². The lowest BCUT2D eigenvalue weighted by molar-refractivity contribution is -0.395. The van der Waals surface area contributed by atoms with Crippen LogP contribution in [0.5, 0.6) is 0 Å². The molecule has 2 heterocycles. The molecule has 2 aromatic heterocycles. The van der Waals surface area contributed by atoms with Gasteiger partial charge in [0.25, 0.3) is 22.7 Å². The molecule has 0 aliphatic carbocycles. The number of benzene rings is 4. The third-order valence-corrected chi connectivity index (χ3v) is 10.7. The van der Waals surface area contributed by atoms with Crippen LogP contribution >= 0.6 is 23.2 Å². The van der Waals surface area contributed by atoms with Gasteiger partial charge in [-0.1, -0.05) is 29.8 Å². The molecular formula is C41H26Cl2F12N12O12. The summed E-state index contributed by atoms with van der Waals surface area (Å²) >= 11 is 11.2. The Labute approximate surface area is 438 Å². The van der Waals surface area contributed by atoms with E-state index in [0.717, 1.165) is 24.1 Å². The first kappa shape index (κ1) is 62.4. The Hall–Kier alpha value is -9.19. The third-order valence-electron chi connectivity index (χ3n) is 10.3. The Bertz CT molecular complexity index is 3320. The minimum Gasteiger partial charge on any atom is -0.329 e. The fraction of sp³-hybridized carbons (Fsp3) is 0.195. The van der Waals surface area contributed by atoms with Gasteiger partial charge in [0.05, 0.1) is 51.8 Å². The highest BCUT2D eigenvalue weighted by Gasteiger charge is 2.42. The van der Waals surface area contributed by atoms with Crippen LogP contribution in [0.1, 0.15) is 50.2 Å². The van der Waals surface area contributed by atoms with E-state index < -0.39 is 128 Å². The second-order valence-corrected chi connectivity index (χ2v) is 16.2. The maximum Gasteiger partial charge on any atom is 0.416 e. The van der Waals surface area contributed by atoms with Crippen molar-refractivity contribution in [3.63, 3.8) is 0 Å². The van der Waals surface area contributed by atoms with Gasteiger partial charge >= 0.3 is 36.1 Å². The number of alkyl halides is 12. The molecule has 0 spiro atoms. The fourth-order valence-corrected chi connectivity index (χ4v) is 7.03. The van der Waals surface area contributed by atoms with Crippen molar-refractivity contribution in [3.8, 4) is 0 Å². The Kier molecular flexibility index (Phi) is 18.6. The van der Waals surface area contributed by atoms with Crippen LogP contribution in [0.2, 0.25) is 10.4 Å². The molecule has 0 saturated carbocycles. The van der Waals surface area contributed by atoms with Gasteiger partial charge < -0.3 is 5.32 Å². The number of hydrogen-bond donors (Lipinski definition) is 2. The van der Waals surface area contributed by atoms with E-state index in [4.69, 9.17) is 29.0 Å². The summed E-state index contributed by atoms with van der Waals surface area (Å²) in [5, 5.41) is 68.8. The minimum atomic E-state index is -5.17. The van der Waals surface area contributed by atoms with Gasteiger partial charge in [-0.3, -0.25) is 60.7 Å². The normalized spacial score (nSPS) is 11.6. The van der Waals surface area contributed by atoms with Gasteiger partial charge in [0.1, 0.15) is 22.4 Å². The number of hydrazine groups is 1. The average molecular weight is 1180 g/mol. The van der Waals surface area contributed by atoms with Gasteiger partial charge in [-0.15, -0.1) is 0 Å². The van der Waals surface area contributed by atoms with Gasteiger partial charge in [-0.05, 0) is 61.2 Å². The van der Waals surface area contributed by atoms with E-state index >= 15 is 0 Å². The van der Waals surface area contributed by atoms with Gasteiger partial charge in [-0.25, -0.2) is 25.8 Å². The van der Waals surface area contributed by atoms with Crippen molar-refractivity contribution in [1.82, 2.24) is 15.0 Å². The van der Waals surface area contributed by atoms with Gasteiger partial charge in [0, 0.05) is 54.6 Å². The molecule has 0 unspecified atom stereocenters. The third kappa shape index (κ3) is 15.5. The van der Waals surface area contributed by atoms with E-state index in [0.29, 0.717) is 29.8 Å². The average Bonchev–Trinajstić information content (AvgIpc) is 3.30. The molecule has 0 atom stereocenters. The SMILES string of the molecule is Cc1cc(C(F)(F)F)cc(N(N)c2c([N+](=O)[O-])cc(C(F)(F)F)cc2[N+](=O)[O-])n1.Cc1cccc(Cc2c([N+](=O)[O-])cc(C(F)(F)F)cc2[N+](=O)[O-])c1C.O=[N+]([O-])c1cc(C(F)(F)F)cc([N+](=O)[O-])c1Nc1cc(Cl)nc(Cl)n1. The first-order valence-corrected chi connectivity index (χ1v) is 21.1. The number of anilines is 4. The van der Waals surface area contributed by atoms with Crippen molar-refractivity contribution in [2.75, 3.05) is 10.3 Å². The first-order chi connectivity index (χ1) is 36.1. The minimum absolute atomic E-state index is 0.0112. The Morgan fingerprint density at radius 3 is 1.29 bits per heavy atom. The zero-order chi connectivity index (χ0) is 60.2. The van der Waals surface area contributed by atoms with Crippen LogP contribution in [0.25, 0.3) is 0 Å². The Morgan fingerprint density at radius 1 is 0.532 bits per heavy atom. The molecule has 0 radical (unpaired) electrons. The molecule has 0 bridgehead atoms. The number of aryl methyl sites for hydroxylation is 2. The molecule has 4 aromatic carbocycles. The van der Waals surface area contributed by atoms with Crippen LogP contribution in [-0.2, 0) is 31.1 Å². The second-order valence-electron chi connectivity index (χ2n) is 15.5. The summed E-state index contributed by atoms with van der Waals surface area (Å²) in [5.41, 5.74) is -13.4. The maximum atomic E-state index is 13.0. The van der Waals surface area contributed by atoms with E-state index in [-0.39, 0.29) is 63.2 Å². The highest BCUT2D eigenvalue weighted by molar-refractivity contribution is 6.32. The van der Waals surface area contributed by atoms with E-state index in [1.54, 1.807) is 32.0 Å². The van der Waals surface area contributed by atoms with E-state index in [1.165, 1.54) is 0 Å². The fourth-order valence-electron chi connectivity index (χ4n) is 6.63. The highest BCUT2D eigenvalue weighted by atomic mass is 35.5. The number of pyridine rings is 1. The summed E-state index contributed by atoms with van der Waals surface area (Å²) in [6.45, 7) is 4.67.